The smallest absolute Gasteiger partial charge is 0.247 e. The van der Waals surface area contributed by atoms with E-state index in [9.17, 15) is 13.2 Å². The van der Waals surface area contributed by atoms with Crippen LogP contribution in [0.15, 0.2) is 71.1 Å². The summed E-state index contributed by atoms with van der Waals surface area (Å²) >= 11 is 6.08. The summed E-state index contributed by atoms with van der Waals surface area (Å²) in [5.74, 6) is -0.193. The van der Waals surface area contributed by atoms with Crippen molar-refractivity contribution in [1.29, 1.82) is 0 Å². The van der Waals surface area contributed by atoms with Gasteiger partial charge in [-0.1, -0.05) is 54.1 Å². The molecule has 1 aliphatic heterocycles. The molecule has 0 aliphatic carbocycles. The minimum atomic E-state index is -3.53. The average Bonchev–Trinajstić information content (AvgIpc) is 2.68. The molecule has 3 rings (SSSR count). The molecule has 0 spiro atoms. The molecule has 0 radical (unpaired) electrons. The van der Waals surface area contributed by atoms with Gasteiger partial charge in [-0.2, -0.15) is 4.31 Å². The molecule has 5 nitrogen and oxygen atoms in total. The van der Waals surface area contributed by atoms with Gasteiger partial charge in [-0.3, -0.25) is 4.79 Å². The summed E-state index contributed by atoms with van der Waals surface area (Å²) in [6, 6.07) is 15.6. The molecule has 136 valence electrons. The number of hydrogen-bond donors (Lipinski definition) is 1. The first-order chi connectivity index (χ1) is 12.5. The summed E-state index contributed by atoms with van der Waals surface area (Å²) in [6.45, 7) is 0.802. The third-order valence-corrected chi connectivity index (χ3v) is 6.49. The van der Waals surface area contributed by atoms with Crippen LogP contribution in [0.4, 0.5) is 0 Å². The summed E-state index contributed by atoms with van der Waals surface area (Å²) in [6.07, 6.45) is 2.05. The largest absolute Gasteiger partial charge is 0.348 e. The van der Waals surface area contributed by atoms with E-state index in [0.29, 0.717) is 23.6 Å². The number of nitrogens with one attached hydrogen (secondary N) is 1. The predicted octanol–water partition coefficient (Wildman–Crippen LogP) is 2.98. The molecule has 1 N–H and O–H groups in total. The van der Waals surface area contributed by atoms with Crippen molar-refractivity contribution in [3.63, 3.8) is 0 Å². The second kappa shape index (κ2) is 8.03. The molecule has 1 heterocycles. The minimum Gasteiger partial charge on any atom is -0.348 e. The SMILES string of the molecule is O=C(NCc1ccccc1Cl)C1=CCN(S(=O)(=O)c2ccccc2)CC1. The Bertz CT molecular complexity index is 927. The molecule has 0 saturated heterocycles. The minimum absolute atomic E-state index is 0.187. The summed E-state index contributed by atoms with van der Waals surface area (Å²) in [5, 5.41) is 3.44. The van der Waals surface area contributed by atoms with Gasteiger partial charge in [0, 0.05) is 30.2 Å². The highest BCUT2D eigenvalue weighted by Gasteiger charge is 2.27. The number of hydrogen-bond acceptors (Lipinski definition) is 3. The van der Waals surface area contributed by atoms with E-state index < -0.39 is 10.0 Å². The number of nitrogens with zero attached hydrogens (tertiary/aromatic N) is 1. The Morgan fingerprint density at radius 3 is 2.42 bits per heavy atom. The number of amides is 1. The van der Waals surface area contributed by atoms with Crippen molar-refractivity contribution in [2.24, 2.45) is 0 Å². The van der Waals surface area contributed by atoms with Crippen LogP contribution in [0, 0.1) is 0 Å². The summed E-state index contributed by atoms with van der Waals surface area (Å²) in [7, 11) is -3.53. The molecule has 0 atom stereocenters. The lowest BCUT2D eigenvalue weighted by atomic mass is 10.1. The third kappa shape index (κ3) is 4.15. The Morgan fingerprint density at radius 1 is 1.08 bits per heavy atom. The predicted molar refractivity (Wildman–Crippen MR) is 101 cm³/mol. The maximum absolute atomic E-state index is 12.6. The Labute approximate surface area is 158 Å². The average molecular weight is 391 g/mol. The topological polar surface area (TPSA) is 66.5 Å². The maximum Gasteiger partial charge on any atom is 0.247 e. The van der Waals surface area contributed by atoms with Crippen LogP contribution in [-0.2, 0) is 21.4 Å². The third-order valence-electron chi connectivity index (χ3n) is 4.24. The first-order valence-corrected chi connectivity index (χ1v) is 10.1. The number of benzene rings is 2. The van der Waals surface area contributed by atoms with Gasteiger partial charge in [-0.05, 0) is 30.2 Å². The van der Waals surface area contributed by atoms with E-state index >= 15 is 0 Å². The van der Waals surface area contributed by atoms with E-state index in [2.05, 4.69) is 5.32 Å². The van der Waals surface area contributed by atoms with Crippen LogP contribution in [0.5, 0.6) is 0 Å². The highest BCUT2D eigenvalue weighted by molar-refractivity contribution is 7.89. The van der Waals surface area contributed by atoms with E-state index in [1.165, 1.54) is 4.31 Å². The highest BCUT2D eigenvalue weighted by Crippen LogP contribution is 2.21. The van der Waals surface area contributed by atoms with Gasteiger partial charge < -0.3 is 5.32 Å². The Balaban J connectivity index is 1.62. The fourth-order valence-electron chi connectivity index (χ4n) is 2.75. The van der Waals surface area contributed by atoms with Crippen LogP contribution in [0.2, 0.25) is 5.02 Å². The van der Waals surface area contributed by atoms with E-state index in [1.807, 2.05) is 18.2 Å². The van der Waals surface area contributed by atoms with Gasteiger partial charge in [0.2, 0.25) is 15.9 Å². The molecule has 0 bridgehead atoms. The van der Waals surface area contributed by atoms with Crippen LogP contribution in [-0.4, -0.2) is 31.7 Å². The van der Waals surface area contributed by atoms with Crippen LogP contribution in [0.3, 0.4) is 0 Å². The number of carbonyl (C=O) groups is 1. The zero-order valence-corrected chi connectivity index (χ0v) is 15.6. The number of halogens is 1. The second-order valence-electron chi connectivity index (χ2n) is 5.93. The fourth-order valence-corrected chi connectivity index (χ4v) is 4.35. The molecule has 0 unspecified atom stereocenters. The molecular formula is C19H19ClN2O3S. The number of carbonyl (C=O) groups excluding carboxylic acids is 1. The van der Waals surface area contributed by atoms with Crippen molar-refractivity contribution in [3.8, 4) is 0 Å². The summed E-state index contributed by atoms with van der Waals surface area (Å²) < 4.78 is 26.6. The molecule has 0 aromatic heterocycles. The maximum atomic E-state index is 12.6. The zero-order chi connectivity index (χ0) is 18.6. The lowest BCUT2D eigenvalue weighted by molar-refractivity contribution is -0.117. The summed E-state index contributed by atoms with van der Waals surface area (Å²) in [4.78, 5) is 12.6. The normalized spacial score (nSPS) is 15.3. The van der Waals surface area contributed by atoms with Gasteiger partial charge in [0.1, 0.15) is 0 Å². The Hall–Kier alpha value is -2.15. The van der Waals surface area contributed by atoms with Gasteiger partial charge in [0.15, 0.2) is 0 Å². The van der Waals surface area contributed by atoms with Crippen LogP contribution in [0.25, 0.3) is 0 Å². The monoisotopic (exact) mass is 390 g/mol. The van der Waals surface area contributed by atoms with Crippen molar-refractivity contribution < 1.29 is 13.2 Å². The van der Waals surface area contributed by atoms with Crippen LogP contribution >= 0.6 is 11.6 Å². The number of sulfonamides is 1. The molecule has 1 aliphatic rings. The van der Waals surface area contributed by atoms with E-state index in [1.54, 1.807) is 42.5 Å². The molecule has 0 fully saturated rings. The van der Waals surface area contributed by atoms with Crippen molar-refractivity contribution in [3.05, 3.63) is 76.8 Å². The van der Waals surface area contributed by atoms with Crippen molar-refractivity contribution in [2.75, 3.05) is 13.1 Å². The molecule has 1 amide bonds. The molecule has 26 heavy (non-hydrogen) atoms. The first kappa shape index (κ1) is 18.6. The van der Waals surface area contributed by atoms with Crippen LogP contribution in [0.1, 0.15) is 12.0 Å². The van der Waals surface area contributed by atoms with Gasteiger partial charge in [0.25, 0.3) is 0 Å². The van der Waals surface area contributed by atoms with Crippen molar-refractivity contribution in [2.45, 2.75) is 17.9 Å². The number of rotatable bonds is 5. The molecule has 7 heteroatoms. The second-order valence-corrected chi connectivity index (χ2v) is 8.27. The lowest BCUT2D eigenvalue weighted by Crippen LogP contribution is -2.37. The van der Waals surface area contributed by atoms with Crippen LogP contribution < -0.4 is 5.32 Å². The molecule has 0 saturated carbocycles. The van der Waals surface area contributed by atoms with Gasteiger partial charge in [0.05, 0.1) is 4.90 Å². The van der Waals surface area contributed by atoms with Gasteiger partial charge >= 0.3 is 0 Å². The van der Waals surface area contributed by atoms with Gasteiger partial charge in [-0.25, -0.2) is 8.42 Å². The van der Waals surface area contributed by atoms with E-state index in [0.717, 1.165) is 5.56 Å². The van der Waals surface area contributed by atoms with Crippen molar-refractivity contribution in [1.82, 2.24) is 9.62 Å². The molecule has 2 aromatic carbocycles. The lowest BCUT2D eigenvalue weighted by Gasteiger charge is -2.25. The summed E-state index contributed by atoms with van der Waals surface area (Å²) in [5.41, 5.74) is 1.43. The standard InChI is InChI=1S/C19H19ClN2O3S/c20-18-9-5-4-6-16(18)14-21-19(23)15-10-12-22(13-11-15)26(24,25)17-7-2-1-3-8-17/h1-10H,11-14H2,(H,21,23). The molecule has 2 aromatic rings. The quantitative estimate of drug-likeness (QED) is 0.853. The Kier molecular flexibility index (Phi) is 5.76. The van der Waals surface area contributed by atoms with Gasteiger partial charge in [-0.15, -0.1) is 0 Å². The molecular weight excluding hydrogens is 372 g/mol. The highest BCUT2D eigenvalue weighted by atomic mass is 35.5. The van der Waals surface area contributed by atoms with Crippen molar-refractivity contribution >= 4 is 27.5 Å². The van der Waals surface area contributed by atoms with E-state index in [-0.39, 0.29) is 23.9 Å². The first-order valence-electron chi connectivity index (χ1n) is 8.24. The van der Waals surface area contributed by atoms with E-state index in [4.69, 9.17) is 11.6 Å². The fraction of sp³-hybridized carbons (Fsp3) is 0.211. The zero-order valence-electron chi connectivity index (χ0n) is 14.1. The Morgan fingerprint density at radius 2 is 1.77 bits per heavy atom.